The van der Waals surface area contributed by atoms with Crippen LogP contribution in [0.4, 0.5) is 105 Å². The van der Waals surface area contributed by atoms with Gasteiger partial charge >= 0.3 is 72.6 Å². The summed E-state index contributed by atoms with van der Waals surface area (Å²) in [6.07, 6.45) is -30.3. The average Bonchev–Trinajstić information content (AvgIpc) is 2.62. The average molecular weight is 660 g/mol. The van der Waals surface area contributed by atoms with Gasteiger partial charge in [0.15, 0.2) is 0 Å². The fraction of sp³-hybridized carbons (Fsp3) is 1.00. The highest BCUT2D eigenvalue weighted by atomic mass is 19.4. The number of nitrogens with zero attached hydrogens (tertiary/aromatic N) is 2. The molecule has 4 nitrogen and oxygen atoms in total. The van der Waals surface area contributed by atoms with Crippen LogP contribution in [0.3, 0.4) is 0 Å². The third-order valence-corrected chi connectivity index (χ3v) is 4.75. The van der Waals surface area contributed by atoms with Crippen molar-refractivity contribution in [2.45, 2.75) is 72.6 Å². The number of hydrogen-bond acceptors (Lipinski definition) is 4. The van der Waals surface area contributed by atoms with Gasteiger partial charge in [-0.15, -0.1) is 0 Å². The zero-order valence-corrected chi connectivity index (χ0v) is 16.8. The van der Waals surface area contributed by atoms with E-state index < -0.39 is 82.4 Å². The first-order valence-electron chi connectivity index (χ1n) is 8.44. The van der Waals surface area contributed by atoms with Crippen LogP contribution in [0.5, 0.6) is 0 Å². The molecule has 2 rings (SSSR count). The van der Waals surface area contributed by atoms with Crippen LogP contribution in [0, 0.1) is 0 Å². The van der Waals surface area contributed by atoms with Gasteiger partial charge < -0.3 is 0 Å². The summed E-state index contributed by atoms with van der Waals surface area (Å²) in [5.74, 6) is -18.7. The number of hydrogen-bond donors (Lipinski definition) is 0. The molecule has 0 radical (unpaired) electrons. The lowest BCUT2D eigenvalue weighted by atomic mass is 10.0. The van der Waals surface area contributed by atoms with Gasteiger partial charge in [0.25, 0.3) is 0 Å². The highest BCUT2D eigenvalue weighted by molar-refractivity contribution is 5.11. The van der Waals surface area contributed by atoms with Crippen molar-refractivity contribution >= 4 is 0 Å². The Hall–Kier alpha value is -1.84. The molecule has 0 atom stereocenters. The molecule has 0 aliphatic carbocycles. The second-order valence-electron chi connectivity index (χ2n) is 7.34. The molecule has 2 aliphatic heterocycles. The molecule has 0 N–H and O–H groups in total. The molecule has 0 aromatic carbocycles. The van der Waals surface area contributed by atoms with Crippen molar-refractivity contribution in [2.24, 2.45) is 0 Å². The summed E-state index contributed by atoms with van der Waals surface area (Å²) in [6.45, 7) is 0. The van der Waals surface area contributed by atoms with Crippen LogP contribution in [0.1, 0.15) is 0 Å². The van der Waals surface area contributed by atoms with Crippen molar-refractivity contribution in [1.82, 2.24) is 9.80 Å². The normalized spacial score (nSPS) is 29.7. The van der Waals surface area contributed by atoms with Crippen LogP contribution in [0.15, 0.2) is 0 Å². The van der Waals surface area contributed by atoms with Crippen molar-refractivity contribution in [3.63, 3.8) is 0 Å². The van der Waals surface area contributed by atoms with E-state index in [1.54, 1.807) is 0 Å². The Balaban J connectivity index is 2.89. The predicted octanol–water partition coefficient (Wildman–Crippen LogP) is 6.85. The molecule has 2 fully saturated rings. The maximum absolute atomic E-state index is 14.0. The SMILES string of the molecule is FC1(F)OC(F)(F)C(F)(F)N(C(F)(F)C(F)(F)C(F)(F)C(F)(F)N2C(F)(F)C(F)(F)OC(F)(F)C2(F)F)C1(F)F. The lowest BCUT2D eigenvalue weighted by Crippen LogP contribution is -2.84. The fourth-order valence-corrected chi connectivity index (χ4v) is 2.80. The molecule has 0 aromatic rings. The van der Waals surface area contributed by atoms with E-state index in [4.69, 9.17) is 0 Å². The molecule has 40 heavy (non-hydrogen) atoms. The van der Waals surface area contributed by atoms with E-state index >= 15 is 0 Å². The summed E-state index contributed by atoms with van der Waals surface area (Å²) in [7, 11) is 0. The van der Waals surface area contributed by atoms with Crippen molar-refractivity contribution in [3.8, 4) is 0 Å². The van der Waals surface area contributed by atoms with E-state index in [9.17, 15) is 105 Å². The summed E-state index contributed by atoms with van der Waals surface area (Å²) in [6, 6.07) is -50.7. The van der Waals surface area contributed by atoms with E-state index in [1.165, 1.54) is 9.47 Å². The minimum absolute atomic E-state index is 1.47. The number of rotatable bonds is 5. The maximum atomic E-state index is 14.0. The molecule has 0 saturated carbocycles. The third-order valence-electron chi connectivity index (χ3n) is 4.75. The molecule has 238 valence electrons. The van der Waals surface area contributed by atoms with Gasteiger partial charge in [-0.3, -0.25) is 0 Å². The lowest BCUT2D eigenvalue weighted by molar-refractivity contribution is -0.609. The molecule has 2 aliphatic rings. The van der Waals surface area contributed by atoms with Crippen LogP contribution in [0.25, 0.3) is 0 Å². The van der Waals surface area contributed by atoms with Crippen molar-refractivity contribution in [2.75, 3.05) is 0 Å². The van der Waals surface area contributed by atoms with Gasteiger partial charge in [-0.2, -0.15) is 105 Å². The van der Waals surface area contributed by atoms with Crippen LogP contribution >= 0.6 is 0 Å². The summed E-state index contributed by atoms with van der Waals surface area (Å²) in [5.41, 5.74) is 0. The number of halogens is 24. The van der Waals surface area contributed by atoms with Crippen LogP contribution in [0.2, 0.25) is 0 Å². The Bertz CT molecular complexity index is 887. The van der Waals surface area contributed by atoms with Crippen molar-refractivity contribution in [1.29, 1.82) is 0 Å². The molecule has 0 unspecified atom stereocenters. The molecule has 0 bridgehead atoms. The number of alkyl halides is 24. The molecule has 0 spiro atoms. The van der Waals surface area contributed by atoms with Gasteiger partial charge in [-0.25, -0.2) is 9.47 Å². The van der Waals surface area contributed by atoms with Crippen molar-refractivity contribution < 1.29 is 115 Å². The molecule has 28 heteroatoms. The molecule has 0 amide bonds. The van der Waals surface area contributed by atoms with Crippen LogP contribution in [-0.2, 0) is 9.47 Å². The van der Waals surface area contributed by atoms with E-state index in [0.717, 1.165) is 0 Å². The lowest BCUT2D eigenvalue weighted by Gasteiger charge is -2.53. The van der Waals surface area contributed by atoms with Crippen molar-refractivity contribution in [3.05, 3.63) is 0 Å². The first-order chi connectivity index (χ1) is 16.9. The smallest absolute Gasteiger partial charge is 0.243 e. The molecule has 0 aromatic heterocycles. The van der Waals surface area contributed by atoms with Crippen LogP contribution < -0.4 is 0 Å². The number of ether oxygens (including phenoxy) is 2. The minimum Gasteiger partial charge on any atom is -0.243 e. The van der Waals surface area contributed by atoms with Gasteiger partial charge in [0.1, 0.15) is 0 Å². The Kier molecular flexibility index (Phi) is 6.83. The third kappa shape index (κ3) is 3.75. The summed E-state index contributed by atoms with van der Waals surface area (Å²) < 4.78 is 327. The molecular formula is C12F24N2O2. The summed E-state index contributed by atoms with van der Waals surface area (Å²) in [4.78, 5) is -9.81. The highest BCUT2D eigenvalue weighted by Gasteiger charge is 2.97. The zero-order valence-electron chi connectivity index (χ0n) is 16.8. The standard InChI is InChI=1S/C12F24N2O2/c13-1(14,3(17,18)37-5(21,22)9(29,30)39-10(31,32)6(37,23)24)2(15,16)4(19,20)38-7(25,26)11(33,34)40-12(35,36)8(38,27)28. The molecule has 2 saturated heterocycles. The van der Waals surface area contributed by atoms with E-state index in [-0.39, 0.29) is 0 Å². The maximum Gasteiger partial charge on any atom is 0.439 e. The Morgan fingerprint density at radius 3 is 0.625 bits per heavy atom. The molecular weight excluding hydrogens is 660 g/mol. The first-order valence-corrected chi connectivity index (χ1v) is 8.44. The second-order valence-corrected chi connectivity index (χ2v) is 7.34. The first kappa shape index (κ1) is 34.4. The van der Waals surface area contributed by atoms with E-state index in [2.05, 4.69) is 0 Å². The van der Waals surface area contributed by atoms with Crippen LogP contribution in [-0.4, -0.2) is 82.4 Å². The van der Waals surface area contributed by atoms with E-state index in [1.807, 2.05) is 0 Å². The van der Waals surface area contributed by atoms with Gasteiger partial charge in [-0.05, 0) is 0 Å². The van der Waals surface area contributed by atoms with Gasteiger partial charge in [-0.1, -0.05) is 9.80 Å². The minimum atomic E-state index is -9.34. The monoisotopic (exact) mass is 660 g/mol. The quantitative estimate of drug-likeness (QED) is 0.238. The number of morpholine rings is 2. The summed E-state index contributed by atoms with van der Waals surface area (Å²) in [5, 5.41) is 0. The van der Waals surface area contributed by atoms with Gasteiger partial charge in [0.05, 0.1) is 0 Å². The molecule has 2 heterocycles. The fourth-order valence-electron chi connectivity index (χ4n) is 2.80. The van der Waals surface area contributed by atoms with Gasteiger partial charge in [0.2, 0.25) is 0 Å². The summed E-state index contributed by atoms with van der Waals surface area (Å²) >= 11 is 0. The Morgan fingerprint density at radius 1 is 0.325 bits per heavy atom. The highest BCUT2D eigenvalue weighted by Crippen LogP contribution is 2.67. The van der Waals surface area contributed by atoms with Gasteiger partial charge in [0, 0.05) is 0 Å². The predicted molar refractivity (Wildman–Crippen MR) is 65.2 cm³/mol. The largest absolute Gasteiger partial charge is 0.439 e. The second kappa shape index (κ2) is 7.95. The van der Waals surface area contributed by atoms with E-state index in [0.29, 0.717) is 0 Å². The Morgan fingerprint density at radius 2 is 0.475 bits per heavy atom. The zero-order chi connectivity index (χ0) is 32.6. The topological polar surface area (TPSA) is 24.9 Å². The Labute approximate surface area is 198 Å².